The Labute approximate surface area is 112 Å². The number of hydrogen-bond donors (Lipinski definition) is 0. The number of hydrogen-bond acceptors (Lipinski definition) is 4. The first-order valence-electron chi connectivity index (χ1n) is 6.96. The fourth-order valence-electron chi connectivity index (χ4n) is 2.14. The van der Waals surface area contributed by atoms with E-state index < -0.39 is 8.56 Å². The molecule has 0 aromatic rings. The van der Waals surface area contributed by atoms with E-state index in [4.69, 9.17) is 18.3 Å². The Morgan fingerprint density at radius 1 is 1.17 bits per heavy atom. The van der Waals surface area contributed by atoms with Gasteiger partial charge in [-0.1, -0.05) is 6.92 Å². The van der Waals surface area contributed by atoms with Crippen molar-refractivity contribution in [2.24, 2.45) is 0 Å². The molecule has 0 radical (unpaired) electrons. The molecule has 0 aromatic heterocycles. The first-order valence-corrected chi connectivity index (χ1v) is 9.35. The summed E-state index contributed by atoms with van der Waals surface area (Å²) in [4.78, 5) is 0. The number of ether oxygens (including phenoxy) is 2. The highest BCUT2D eigenvalue weighted by Gasteiger charge is 2.44. The molecule has 0 amide bonds. The van der Waals surface area contributed by atoms with Crippen molar-refractivity contribution in [2.75, 3.05) is 13.2 Å². The van der Waals surface area contributed by atoms with Crippen LogP contribution in [0.15, 0.2) is 0 Å². The smallest absolute Gasteiger partial charge is 0.365 e. The van der Waals surface area contributed by atoms with E-state index in [1.807, 2.05) is 27.7 Å². The van der Waals surface area contributed by atoms with Gasteiger partial charge in [0.15, 0.2) is 0 Å². The lowest BCUT2D eigenvalue weighted by atomic mass is 10.5. The van der Waals surface area contributed by atoms with Gasteiger partial charge in [0.1, 0.15) is 11.8 Å². The highest BCUT2D eigenvalue weighted by atomic mass is 28.4. The summed E-state index contributed by atoms with van der Waals surface area (Å²) in [5.74, 6) is 0. The van der Waals surface area contributed by atoms with Crippen molar-refractivity contribution < 1.29 is 18.3 Å². The fourth-order valence-corrected chi connectivity index (χ4v) is 5.52. The van der Waals surface area contributed by atoms with Crippen LogP contribution < -0.4 is 0 Å². The minimum Gasteiger partial charge on any atom is -0.390 e. The van der Waals surface area contributed by atoms with Gasteiger partial charge in [0.05, 0.1) is 13.2 Å². The molecule has 4 nitrogen and oxygen atoms in total. The molecule has 0 spiro atoms. The second-order valence-corrected chi connectivity index (χ2v) is 8.68. The summed E-state index contributed by atoms with van der Waals surface area (Å²) in [7, 11) is -2.32. The maximum atomic E-state index is 6.11. The lowest BCUT2D eigenvalue weighted by Crippen LogP contribution is -2.54. The van der Waals surface area contributed by atoms with E-state index in [1.165, 1.54) is 0 Å². The molecule has 0 N–H and O–H groups in total. The van der Waals surface area contributed by atoms with Crippen molar-refractivity contribution in [3.63, 3.8) is 0 Å². The van der Waals surface area contributed by atoms with Crippen molar-refractivity contribution in [3.8, 4) is 0 Å². The average Bonchev–Trinajstić information content (AvgIpc) is 2.99. The molecule has 1 rings (SSSR count). The van der Waals surface area contributed by atoms with E-state index in [0.717, 1.165) is 13.0 Å². The molecule has 2 unspecified atom stereocenters. The molecular formula is C13H28O4Si. The molecule has 1 heterocycles. The second-order valence-electron chi connectivity index (χ2n) is 5.53. The van der Waals surface area contributed by atoms with Crippen LogP contribution >= 0.6 is 0 Å². The van der Waals surface area contributed by atoms with Crippen LogP contribution in [0, 0.1) is 0 Å². The molecule has 18 heavy (non-hydrogen) atoms. The summed E-state index contributed by atoms with van der Waals surface area (Å²) in [6, 6.07) is 0. The minimum atomic E-state index is -2.32. The zero-order chi connectivity index (χ0) is 13.8. The molecule has 1 aliphatic heterocycles. The molecule has 108 valence electrons. The molecule has 1 fully saturated rings. The average molecular weight is 276 g/mol. The van der Waals surface area contributed by atoms with E-state index in [2.05, 4.69) is 13.5 Å². The fraction of sp³-hybridized carbons (Fsp3) is 1.00. The Bertz CT molecular complexity index is 231. The van der Waals surface area contributed by atoms with Crippen LogP contribution in [-0.4, -0.2) is 45.8 Å². The molecule has 1 aliphatic rings. The maximum absolute atomic E-state index is 6.11. The van der Waals surface area contributed by atoms with Crippen LogP contribution in [0.3, 0.4) is 0 Å². The lowest BCUT2D eigenvalue weighted by molar-refractivity contribution is 0.0176. The van der Waals surface area contributed by atoms with Crippen LogP contribution in [0.2, 0.25) is 6.55 Å². The normalized spacial score (nSPS) is 21.7. The topological polar surface area (TPSA) is 40.2 Å². The van der Waals surface area contributed by atoms with Gasteiger partial charge in [-0.2, -0.15) is 0 Å². The Kier molecular flexibility index (Phi) is 6.27. The van der Waals surface area contributed by atoms with Crippen molar-refractivity contribution in [1.29, 1.82) is 0 Å². The van der Waals surface area contributed by atoms with E-state index in [1.54, 1.807) is 0 Å². The van der Waals surface area contributed by atoms with Crippen LogP contribution in [0.5, 0.6) is 0 Å². The van der Waals surface area contributed by atoms with Gasteiger partial charge in [0, 0.05) is 12.2 Å². The van der Waals surface area contributed by atoms with Crippen molar-refractivity contribution in [3.05, 3.63) is 0 Å². The highest BCUT2D eigenvalue weighted by molar-refractivity contribution is 6.67. The lowest BCUT2D eigenvalue weighted by Gasteiger charge is -2.36. The van der Waals surface area contributed by atoms with Crippen LogP contribution in [0.4, 0.5) is 0 Å². The first kappa shape index (κ1) is 16.1. The summed E-state index contributed by atoms with van der Waals surface area (Å²) in [6.45, 7) is 13.9. The predicted octanol–water partition coefficient (Wildman–Crippen LogP) is 2.64. The van der Waals surface area contributed by atoms with Crippen LogP contribution in [-0.2, 0) is 18.3 Å². The Morgan fingerprint density at radius 2 is 1.67 bits per heavy atom. The second kappa shape index (κ2) is 7.00. The molecule has 2 atom stereocenters. The zero-order valence-corrected chi connectivity index (χ0v) is 13.6. The van der Waals surface area contributed by atoms with E-state index in [0.29, 0.717) is 6.61 Å². The van der Waals surface area contributed by atoms with Crippen LogP contribution in [0.1, 0.15) is 41.0 Å². The quantitative estimate of drug-likeness (QED) is 0.479. The third-order valence-electron chi connectivity index (χ3n) is 2.78. The Hall–Kier alpha value is 0.0569. The van der Waals surface area contributed by atoms with Gasteiger partial charge in [-0.3, -0.25) is 0 Å². The van der Waals surface area contributed by atoms with Gasteiger partial charge < -0.3 is 18.3 Å². The van der Waals surface area contributed by atoms with Crippen molar-refractivity contribution in [2.45, 2.75) is 71.6 Å². The predicted molar refractivity (Wildman–Crippen MR) is 73.8 cm³/mol. The summed E-state index contributed by atoms with van der Waals surface area (Å²) >= 11 is 0. The maximum Gasteiger partial charge on any atom is 0.365 e. The third-order valence-corrected chi connectivity index (χ3v) is 6.40. The number of rotatable bonds is 9. The van der Waals surface area contributed by atoms with Crippen molar-refractivity contribution in [1.82, 2.24) is 0 Å². The molecule has 0 bridgehead atoms. The zero-order valence-electron chi connectivity index (χ0n) is 12.6. The first-order chi connectivity index (χ1) is 8.37. The molecule has 1 saturated heterocycles. The van der Waals surface area contributed by atoms with Gasteiger partial charge in [-0.05, 0) is 40.7 Å². The van der Waals surface area contributed by atoms with Gasteiger partial charge in [0.25, 0.3) is 0 Å². The Morgan fingerprint density at radius 3 is 2.00 bits per heavy atom. The summed E-state index contributed by atoms with van der Waals surface area (Å²) < 4.78 is 23.4. The van der Waals surface area contributed by atoms with Crippen LogP contribution in [0.25, 0.3) is 0 Å². The minimum absolute atomic E-state index is 0.0616. The standard InChI is InChI=1S/C13H28O4Si/c1-7-13(15-9-12-8-14-12)18(6,16-10(2)3)17-11(4)5/h10-13H,7-9H2,1-6H3. The van der Waals surface area contributed by atoms with Crippen molar-refractivity contribution >= 4 is 8.56 Å². The van der Waals surface area contributed by atoms with E-state index in [9.17, 15) is 0 Å². The summed E-state index contributed by atoms with van der Waals surface area (Å²) in [5, 5.41) is 0. The van der Waals surface area contributed by atoms with Gasteiger partial charge in [0.2, 0.25) is 0 Å². The monoisotopic (exact) mass is 276 g/mol. The highest BCUT2D eigenvalue weighted by Crippen LogP contribution is 2.23. The molecule has 0 aliphatic carbocycles. The SMILES string of the molecule is CCC(OCC1CO1)[Si](C)(OC(C)C)OC(C)C. The van der Waals surface area contributed by atoms with Gasteiger partial charge in [-0.15, -0.1) is 0 Å². The molecular weight excluding hydrogens is 248 g/mol. The molecule has 0 aromatic carbocycles. The molecule has 0 saturated carbocycles. The number of epoxide rings is 1. The third kappa shape index (κ3) is 5.36. The van der Waals surface area contributed by atoms with E-state index >= 15 is 0 Å². The Balaban J connectivity index is 2.62. The summed E-state index contributed by atoms with van der Waals surface area (Å²) in [6.07, 6.45) is 1.52. The largest absolute Gasteiger partial charge is 0.390 e. The van der Waals surface area contributed by atoms with E-state index in [-0.39, 0.29) is 24.0 Å². The van der Waals surface area contributed by atoms with Gasteiger partial charge in [-0.25, -0.2) is 0 Å². The van der Waals surface area contributed by atoms with Gasteiger partial charge >= 0.3 is 8.56 Å². The molecule has 5 heteroatoms. The summed E-state index contributed by atoms with van der Waals surface area (Å²) in [5.41, 5.74) is 0.0616.